The number of hydrogen-bond donors (Lipinski definition) is 1. The third kappa shape index (κ3) is 2.35. The first kappa shape index (κ1) is 12.6. The molecule has 3 aromatic rings. The Bertz CT molecular complexity index is 755. The zero-order valence-corrected chi connectivity index (χ0v) is 10.9. The predicted octanol–water partition coefficient (Wildman–Crippen LogP) is 3.78. The van der Waals surface area contributed by atoms with Gasteiger partial charge in [0.05, 0.1) is 10.6 Å². The number of nitrogen functional groups attached to an aromatic ring is 1. The number of nitrogens with zero attached hydrogens (tertiary/aromatic N) is 2. The summed E-state index contributed by atoms with van der Waals surface area (Å²) in [5, 5.41) is 8.09. The minimum Gasteiger partial charge on any atom is -0.416 e. The number of hydrogen-bond acceptors (Lipinski definition) is 4. The van der Waals surface area contributed by atoms with Crippen LogP contribution in [0.5, 0.6) is 0 Å². The van der Waals surface area contributed by atoms with Gasteiger partial charge in [-0.1, -0.05) is 11.6 Å². The molecular weight excluding hydrogens is 281 g/mol. The van der Waals surface area contributed by atoms with Gasteiger partial charge in [0.25, 0.3) is 0 Å². The Balaban J connectivity index is 1.99. The third-order valence-corrected chi connectivity index (χ3v) is 3.06. The number of rotatable bonds is 2. The fraction of sp³-hybridized carbons (Fsp3) is 0. The molecule has 2 aromatic carbocycles. The Morgan fingerprint density at radius 3 is 2.40 bits per heavy atom. The molecule has 0 bridgehead atoms. The minimum atomic E-state index is -0.419. The molecule has 20 heavy (non-hydrogen) atoms. The number of nitrogens with two attached hydrogens (primary N) is 1. The van der Waals surface area contributed by atoms with Gasteiger partial charge >= 0.3 is 0 Å². The summed E-state index contributed by atoms with van der Waals surface area (Å²) in [6.45, 7) is 0. The highest BCUT2D eigenvalue weighted by Gasteiger charge is 2.13. The van der Waals surface area contributed by atoms with Crippen LogP contribution < -0.4 is 5.73 Å². The molecule has 0 aliphatic carbocycles. The molecular formula is C14H9ClFN3O. The maximum atomic E-state index is 13.0. The molecule has 4 nitrogen and oxygen atoms in total. The van der Waals surface area contributed by atoms with Crippen LogP contribution in [0.1, 0.15) is 0 Å². The molecule has 0 saturated carbocycles. The molecule has 0 atom stereocenters. The van der Waals surface area contributed by atoms with E-state index in [4.69, 9.17) is 21.8 Å². The van der Waals surface area contributed by atoms with E-state index < -0.39 is 5.82 Å². The van der Waals surface area contributed by atoms with Crippen molar-refractivity contribution in [1.82, 2.24) is 10.2 Å². The summed E-state index contributed by atoms with van der Waals surface area (Å²) < 4.78 is 18.6. The zero-order chi connectivity index (χ0) is 14.1. The van der Waals surface area contributed by atoms with E-state index in [-0.39, 0.29) is 10.9 Å². The first-order valence-corrected chi connectivity index (χ1v) is 6.16. The molecule has 0 aliphatic heterocycles. The van der Waals surface area contributed by atoms with Crippen molar-refractivity contribution in [3.63, 3.8) is 0 Å². The second-order valence-corrected chi connectivity index (χ2v) is 4.57. The summed E-state index contributed by atoms with van der Waals surface area (Å²) >= 11 is 5.96. The van der Waals surface area contributed by atoms with Gasteiger partial charge in [0.15, 0.2) is 0 Å². The summed E-state index contributed by atoms with van der Waals surface area (Å²) in [4.78, 5) is 0. The van der Waals surface area contributed by atoms with E-state index in [1.165, 1.54) is 18.2 Å². The largest absolute Gasteiger partial charge is 0.416 e. The quantitative estimate of drug-likeness (QED) is 0.729. The lowest BCUT2D eigenvalue weighted by atomic mass is 10.2. The first-order chi connectivity index (χ1) is 9.63. The van der Waals surface area contributed by atoms with E-state index in [1.807, 2.05) is 0 Å². The number of benzene rings is 2. The molecule has 0 aliphatic rings. The molecule has 1 heterocycles. The van der Waals surface area contributed by atoms with Gasteiger partial charge in [0.1, 0.15) is 5.82 Å². The average Bonchev–Trinajstić information content (AvgIpc) is 2.89. The normalized spacial score (nSPS) is 10.7. The Kier molecular flexibility index (Phi) is 3.12. The van der Waals surface area contributed by atoms with Gasteiger partial charge in [-0.15, -0.1) is 10.2 Å². The second kappa shape index (κ2) is 4.94. The van der Waals surface area contributed by atoms with Gasteiger partial charge < -0.3 is 10.2 Å². The summed E-state index contributed by atoms with van der Waals surface area (Å²) in [6.07, 6.45) is 0. The summed E-state index contributed by atoms with van der Waals surface area (Å²) in [5.41, 5.74) is 7.50. The van der Waals surface area contributed by atoms with Gasteiger partial charge in [0.2, 0.25) is 11.8 Å². The van der Waals surface area contributed by atoms with Crippen molar-refractivity contribution in [2.24, 2.45) is 0 Å². The highest BCUT2D eigenvalue weighted by Crippen LogP contribution is 2.29. The fourth-order valence-corrected chi connectivity index (χ4v) is 1.99. The highest BCUT2D eigenvalue weighted by molar-refractivity contribution is 6.33. The molecule has 0 amide bonds. The number of anilines is 1. The fourth-order valence-electron chi connectivity index (χ4n) is 1.74. The van der Waals surface area contributed by atoms with Crippen molar-refractivity contribution in [2.45, 2.75) is 0 Å². The summed E-state index contributed by atoms with van der Waals surface area (Å²) in [7, 11) is 0. The van der Waals surface area contributed by atoms with E-state index in [0.29, 0.717) is 17.1 Å². The lowest BCUT2D eigenvalue weighted by Crippen LogP contribution is -1.83. The Morgan fingerprint density at radius 1 is 1.00 bits per heavy atom. The lowest BCUT2D eigenvalue weighted by molar-refractivity contribution is 0.584. The Labute approximate surface area is 119 Å². The van der Waals surface area contributed by atoms with Crippen molar-refractivity contribution in [3.05, 3.63) is 53.3 Å². The van der Waals surface area contributed by atoms with Crippen molar-refractivity contribution < 1.29 is 8.81 Å². The minimum absolute atomic E-state index is 0.220. The molecule has 6 heteroatoms. The van der Waals surface area contributed by atoms with Crippen LogP contribution >= 0.6 is 11.6 Å². The topological polar surface area (TPSA) is 64.9 Å². The van der Waals surface area contributed by atoms with Crippen LogP contribution in [0.4, 0.5) is 10.1 Å². The third-order valence-electron chi connectivity index (χ3n) is 2.74. The molecule has 3 rings (SSSR count). The monoisotopic (exact) mass is 289 g/mol. The maximum Gasteiger partial charge on any atom is 0.249 e. The predicted molar refractivity (Wildman–Crippen MR) is 74.6 cm³/mol. The molecule has 0 spiro atoms. The number of aromatic nitrogens is 2. The number of halogens is 2. The molecule has 0 saturated heterocycles. The van der Waals surface area contributed by atoms with Gasteiger partial charge in [0, 0.05) is 11.3 Å². The van der Waals surface area contributed by atoms with Gasteiger partial charge in [-0.05, 0) is 42.5 Å². The standard InChI is InChI=1S/C14H9ClFN3O/c15-12-7-9(16)3-6-11(12)14-19-18-13(20-14)8-1-4-10(17)5-2-8/h1-7H,17H2. The van der Waals surface area contributed by atoms with Crippen molar-refractivity contribution >= 4 is 17.3 Å². The Hall–Kier alpha value is -2.40. The van der Waals surface area contributed by atoms with Crippen LogP contribution in [0.25, 0.3) is 22.9 Å². The molecule has 1 aromatic heterocycles. The molecule has 0 fully saturated rings. The van der Waals surface area contributed by atoms with Gasteiger partial charge in [-0.3, -0.25) is 0 Å². The lowest BCUT2D eigenvalue weighted by Gasteiger charge is -1.98. The summed E-state index contributed by atoms with van der Waals surface area (Å²) in [5.74, 6) is 0.166. The van der Waals surface area contributed by atoms with Crippen LogP contribution in [0, 0.1) is 5.82 Å². The van der Waals surface area contributed by atoms with Crippen LogP contribution in [0.15, 0.2) is 46.9 Å². The van der Waals surface area contributed by atoms with E-state index in [1.54, 1.807) is 24.3 Å². The van der Waals surface area contributed by atoms with Crippen LogP contribution in [0.2, 0.25) is 5.02 Å². The van der Waals surface area contributed by atoms with Crippen molar-refractivity contribution in [2.75, 3.05) is 5.73 Å². The van der Waals surface area contributed by atoms with E-state index in [2.05, 4.69) is 10.2 Å². The second-order valence-electron chi connectivity index (χ2n) is 4.16. The van der Waals surface area contributed by atoms with Crippen LogP contribution in [0.3, 0.4) is 0 Å². The van der Waals surface area contributed by atoms with Crippen molar-refractivity contribution in [3.8, 4) is 22.9 Å². The van der Waals surface area contributed by atoms with Gasteiger partial charge in [-0.2, -0.15) is 0 Å². The first-order valence-electron chi connectivity index (χ1n) is 5.78. The van der Waals surface area contributed by atoms with Crippen LogP contribution in [-0.4, -0.2) is 10.2 Å². The zero-order valence-electron chi connectivity index (χ0n) is 10.2. The van der Waals surface area contributed by atoms with Gasteiger partial charge in [-0.25, -0.2) is 4.39 Å². The van der Waals surface area contributed by atoms with Crippen LogP contribution in [-0.2, 0) is 0 Å². The van der Waals surface area contributed by atoms with Crippen molar-refractivity contribution in [1.29, 1.82) is 0 Å². The average molecular weight is 290 g/mol. The summed E-state index contributed by atoms with van der Waals surface area (Å²) in [6, 6.07) is 11.0. The highest BCUT2D eigenvalue weighted by atomic mass is 35.5. The molecule has 0 radical (unpaired) electrons. The van der Waals surface area contributed by atoms with E-state index in [0.717, 1.165) is 5.56 Å². The maximum absolute atomic E-state index is 13.0. The van der Waals surface area contributed by atoms with E-state index >= 15 is 0 Å². The molecule has 100 valence electrons. The van der Waals surface area contributed by atoms with E-state index in [9.17, 15) is 4.39 Å². The molecule has 2 N–H and O–H groups in total. The SMILES string of the molecule is Nc1ccc(-c2nnc(-c3ccc(F)cc3Cl)o2)cc1. The smallest absolute Gasteiger partial charge is 0.249 e. The Morgan fingerprint density at radius 2 is 1.70 bits per heavy atom. The molecule has 0 unspecified atom stereocenters.